The van der Waals surface area contributed by atoms with Gasteiger partial charge < -0.3 is 10.2 Å². The Balaban J connectivity index is 1.70. The molecule has 1 aliphatic carbocycles. The number of nitrogens with one attached hydrogen (secondary N) is 1. The number of halogens is 2. The second kappa shape index (κ2) is 13.7. The van der Waals surface area contributed by atoms with Crippen LogP contribution in [0, 0.1) is 11.6 Å². The molecule has 1 N–H and O–H groups in total. The lowest BCUT2D eigenvalue weighted by Gasteiger charge is -2.34. The highest BCUT2D eigenvalue weighted by Gasteiger charge is 2.35. The van der Waals surface area contributed by atoms with Gasteiger partial charge in [-0.3, -0.25) is 13.9 Å². The fourth-order valence-corrected chi connectivity index (χ4v) is 6.58. The summed E-state index contributed by atoms with van der Waals surface area (Å²) in [4.78, 5) is 28.7. The van der Waals surface area contributed by atoms with E-state index in [0.717, 1.165) is 42.5 Å². The minimum atomic E-state index is -4.36. The largest absolute Gasteiger partial charge is 0.352 e. The molecule has 218 valence electrons. The third-order valence-corrected chi connectivity index (χ3v) is 9.11. The molecule has 10 heteroatoms. The van der Waals surface area contributed by atoms with E-state index < -0.39 is 40.2 Å². The van der Waals surface area contributed by atoms with Gasteiger partial charge >= 0.3 is 0 Å². The second-order valence-corrected chi connectivity index (χ2v) is 12.1. The summed E-state index contributed by atoms with van der Waals surface area (Å²) in [5.41, 5.74) is 0.276. The van der Waals surface area contributed by atoms with Crippen LogP contribution in [0.1, 0.15) is 51.0 Å². The van der Waals surface area contributed by atoms with E-state index in [1.165, 1.54) is 71.6 Å². The summed E-state index contributed by atoms with van der Waals surface area (Å²) in [5, 5.41) is 3.07. The minimum Gasteiger partial charge on any atom is -0.352 e. The number of anilines is 1. The standard InChI is InChI=1S/C31H35F2N3O4S/c1-2-28(31(38)34-25-11-5-3-6-12-25)35(21-23-17-19-24(32)20-18-23)30(37)22-36(29-16-10-9-15-27(29)33)41(39,40)26-13-7-4-8-14-26/h4,7-10,13-20,25,28H,2-3,5-6,11-12,21-22H2,1H3,(H,34,38)/t28-/m1/s1. The number of carbonyl (C=O) groups excluding carboxylic acids is 2. The number of hydrogen-bond acceptors (Lipinski definition) is 4. The average Bonchev–Trinajstić information content (AvgIpc) is 2.98. The van der Waals surface area contributed by atoms with Gasteiger partial charge in [0.1, 0.15) is 24.2 Å². The summed E-state index contributed by atoms with van der Waals surface area (Å²) >= 11 is 0. The summed E-state index contributed by atoms with van der Waals surface area (Å²) < 4.78 is 56.9. The Hall–Kier alpha value is -3.79. The molecular formula is C31H35F2N3O4S. The molecule has 0 aliphatic heterocycles. The maximum Gasteiger partial charge on any atom is 0.264 e. The summed E-state index contributed by atoms with van der Waals surface area (Å²) in [7, 11) is -4.36. The monoisotopic (exact) mass is 583 g/mol. The fourth-order valence-electron chi connectivity index (χ4n) is 5.14. The van der Waals surface area contributed by atoms with Crippen LogP contribution in [0.2, 0.25) is 0 Å². The number of hydrogen-bond donors (Lipinski definition) is 1. The van der Waals surface area contributed by atoms with Crippen molar-refractivity contribution >= 4 is 27.5 Å². The van der Waals surface area contributed by atoms with Crippen molar-refractivity contribution in [3.8, 4) is 0 Å². The summed E-state index contributed by atoms with van der Waals surface area (Å²) in [6, 6.07) is 17.4. The molecule has 41 heavy (non-hydrogen) atoms. The molecule has 3 aromatic carbocycles. The molecule has 0 spiro atoms. The van der Waals surface area contributed by atoms with Crippen LogP contribution in [0.25, 0.3) is 0 Å². The summed E-state index contributed by atoms with van der Waals surface area (Å²) in [6.45, 7) is 0.962. The van der Waals surface area contributed by atoms with Gasteiger partial charge in [0.25, 0.3) is 10.0 Å². The summed E-state index contributed by atoms with van der Waals surface area (Å²) in [6.07, 6.45) is 5.09. The Morgan fingerprint density at radius 3 is 2.17 bits per heavy atom. The number of carbonyl (C=O) groups is 2. The lowest BCUT2D eigenvalue weighted by atomic mass is 9.95. The van der Waals surface area contributed by atoms with Crippen LogP contribution >= 0.6 is 0 Å². The van der Waals surface area contributed by atoms with Crippen LogP contribution in [0.5, 0.6) is 0 Å². The van der Waals surface area contributed by atoms with E-state index in [9.17, 15) is 22.4 Å². The van der Waals surface area contributed by atoms with E-state index in [1.807, 2.05) is 0 Å². The van der Waals surface area contributed by atoms with Gasteiger partial charge in [0.05, 0.1) is 10.6 Å². The molecule has 3 aromatic rings. The normalized spacial score (nSPS) is 14.7. The number of amides is 2. The van der Waals surface area contributed by atoms with Gasteiger partial charge in [0.2, 0.25) is 11.8 Å². The van der Waals surface area contributed by atoms with Crippen LogP contribution in [0.15, 0.2) is 83.8 Å². The maximum absolute atomic E-state index is 15.0. The molecule has 2 amide bonds. The molecule has 7 nitrogen and oxygen atoms in total. The molecular weight excluding hydrogens is 548 g/mol. The quantitative estimate of drug-likeness (QED) is 0.327. The fraction of sp³-hybridized carbons (Fsp3) is 0.355. The molecule has 1 aliphatic rings. The Labute approximate surface area is 240 Å². The molecule has 4 rings (SSSR count). The van der Waals surface area contributed by atoms with Crippen LogP contribution in [-0.4, -0.2) is 43.8 Å². The number of sulfonamides is 1. The number of benzene rings is 3. The van der Waals surface area contributed by atoms with Crippen LogP contribution < -0.4 is 9.62 Å². The third-order valence-electron chi connectivity index (χ3n) is 7.33. The van der Waals surface area contributed by atoms with Crippen molar-refractivity contribution in [3.05, 3.63) is 96.1 Å². The van der Waals surface area contributed by atoms with Gasteiger partial charge in [-0.05, 0) is 61.2 Å². The molecule has 0 heterocycles. The smallest absolute Gasteiger partial charge is 0.264 e. The van der Waals surface area contributed by atoms with Crippen LogP contribution in [-0.2, 0) is 26.2 Å². The topological polar surface area (TPSA) is 86.8 Å². The highest BCUT2D eigenvalue weighted by atomic mass is 32.2. The minimum absolute atomic E-state index is 0.00134. The van der Waals surface area contributed by atoms with E-state index >= 15 is 4.39 Å². The van der Waals surface area contributed by atoms with Crippen molar-refractivity contribution in [3.63, 3.8) is 0 Å². The first kappa shape index (κ1) is 30.2. The highest BCUT2D eigenvalue weighted by molar-refractivity contribution is 7.92. The van der Waals surface area contributed by atoms with Crippen molar-refractivity contribution in [1.82, 2.24) is 10.2 Å². The second-order valence-electron chi connectivity index (χ2n) is 10.2. The highest BCUT2D eigenvalue weighted by Crippen LogP contribution is 2.27. The van der Waals surface area contributed by atoms with E-state index in [4.69, 9.17) is 0 Å². The van der Waals surface area contributed by atoms with Gasteiger partial charge in [-0.1, -0.05) is 68.7 Å². The van der Waals surface area contributed by atoms with E-state index in [1.54, 1.807) is 13.0 Å². The zero-order valence-corrected chi connectivity index (χ0v) is 23.8. The molecule has 0 aromatic heterocycles. The molecule has 1 saturated carbocycles. The SMILES string of the molecule is CC[C@H](C(=O)NC1CCCCC1)N(Cc1ccc(F)cc1)C(=O)CN(c1ccccc1F)S(=O)(=O)c1ccccc1. The molecule has 0 bridgehead atoms. The van der Waals surface area contributed by atoms with E-state index in [0.29, 0.717) is 5.56 Å². The molecule has 0 radical (unpaired) electrons. The van der Waals surface area contributed by atoms with Gasteiger partial charge in [-0.25, -0.2) is 17.2 Å². The molecule has 0 saturated heterocycles. The van der Waals surface area contributed by atoms with E-state index in [2.05, 4.69) is 5.32 Å². The van der Waals surface area contributed by atoms with Crippen molar-refractivity contribution in [2.75, 3.05) is 10.8 Å². The maximum atomic E-state index is 15.0. The van der Waals surface area contributed by atoms with Crippen molar-refractivity contribution in [1.29, 1.82) is 0 Å². The van der Waals surface area contributed by atoms with Gasteiger partial charge in [-0.2, -0.15) is 0 Å². The molecule has 1 fully saturated rings. The Bertz CT molecular complexity index is 1430. The zero-order valence-electron chi connectivity index (χ0n) is 23.0. The first-order valence-corrected chi connectivity index (χ1v) is 15.3. The Morgan fingerprint density at radius 1 is 0.902 bits per heavy atom. The first-order valence-electron chi connectivity index (χ1n) is 13.9. The summed E-state index contributed by atoms with van der Waals surface area (Å²) in [5.74, 6) is -2.29. The molecule has 0 unspecified atom stereocenters. The lowest BCUT2D eigenvalue weighted by molar-refractivity contribution is -0.140. The Kier molecular flexibility index (Phi) is 10.1. The number of para-hydroxylation sites is 1. The van der Waals surface area contributed by atoms with Crippen LogP contribution in [0.4, 0.5) is 14.5 Å². The Morgan fingerprint density at radius 2 is 1.54 bits per heavy atom. The van der Waals surface area contributed by atoms with Gasteiger partial charge in [0, 0.05) is 12.6 Å². The van der Waals surface area contributed by atoms with Crippen molar-refractivity contribution < 1.29 is 26.8 Å². The first-order chi connectivity index (χ1) is 19.7. The van der Waals surface area contributed by atoms with Crippen molar-refractivity contribution in [2.24, 2.45) is 0 Å². The predicted molar refractivity (Wildman–Crippen MR) is 153 cm³/mol. The van der Waals surface area contributed by atoms with Crippen LogP contribution in [0.3, 0.4) is 0 Å². The van der Waals surface area contributed by atoms with E-state index in [-0.39, 0.29) is 35.5 Å². The predicted octanol–water partition coefficient (Wildman–Crippen LogP) is 5.42. The lowest BCUT2D eigenvalue weighted by Crippen LogP contribution is -2.54. The van der Waals surface area contributed by atoms with Gasteiger partial charge in [0.15, 0.2) is 0 Å². The third kappa shape index (κ3) is 7.49. The number of nitrogens with zero attached hydrogens (tertiary/aromatic N) is 2. The zero-order chi connectivity index (χ0) is 29.4. The number of rotatable bonds is 11. The van der Waals surface area contributed by atoms with Gasteiger partial charge in [-0.15, -0.1) is 0 Å². The van der Waals surface area contributed by atoms with Crippen molar-refractivity contribution in [2.45, 2.75) is 69.0 Å². The average molecular weight is 584 g/mol. The molecule has 1 atom stereocenters.